The third-order valence-corrected chi connectivity index (χ3v) is 3.12. The molecule has 120 valence electrons. The summed E-state index contributed by atoms with van der Waals surface area (Å²) in [5.74, 6) is -0.142. The number of hydrogen-bond acceptors (Lipinski definition) is 3. The molecule has 0 fully saturated rings. The molecule has 0 aliphatic rings. The number of ether oxygens (including phenoxy) is 1. The van der Waals surface area contributed by atoms with Crippen LogP contribution in [-0.4, -0.2) is 17.5 Å². The van der Waals surface area contributed by atoms with E-state index in [9.17, 15) is 9.59 Å². The molecule has 0 saturated carbocycles. The fourth-order valence-electron chi connectivity index (χ4n) is 2.06. The van der Waals surface area contributed by atoms with Gasteiger partial charge in [0, 0.05) is 11.1 Å². The molecule has 0 saturated heterocycles. The first kappa shape index (κ1) is 16.7. The minimum Gasteiger partial charge on any atom is -0.444 e. The molecule has 1 amide bonds. The molecule has 0 aromatic heterocycles. The predicted molar refractivity (Wildman–Crippen MR) is 90.9 cm³/mol. The largest absolute Gasteiger partial charge is 0.444 e. The Hall–Kier alpha value is -2.62. The molecular formula is C19H21NO3. The standard InChI is InChI=1S/C19H21NO3/c1-13-9-11-14(12-10-13)17(21)15-7-5-6-8-16(15)20-18(22)23-19(2,3)4/h5-12H,1-4H3,(H,20,22). The van der Waals surface area contributed by atoms with Gasteiger partial charge in [0.2, 0.25) is 0 Å². The summed E-state index contributed by atoms with van der Waals surface area (Å²) >= 11 is 0. The van der Waals surface area contributed by atoms with E-state index < -0.39 is 11.7 Å². The van der Waals surface area contributed by atoms with Crippen LogP contribution in [0, 0.1) is 6.92 Å². The van der Waals surface area contributed by atoms with Crippen LogP contribution in [0.4, 0.5) is 10.5 Å². The van der Waals surface area contributed by atoms with E-state index >= 15 is 0 Å². The number of carbonyl (C=O) groups is 2. The summed E-state index contributed by atoms with van der Waals surface area (Å²) in [6.45, 7) is 7.33. The number of rotatable bonds is 3. The maximum Gasteiger partial charge on any atom is 0.412 e. The van der Waals surface area contributed by atoms with Gasteiger partial charge in [-0.3, -0.25) is 10.1 Å². The van der Waals surface area contributed by atoms with Crippen LogP contribution in [0.15, 0.2) is 48.5 Å². The number of para-hydroxylation sites is 1. The van der Waals surface area contributed by atoms with E-state index in [0.717, 1.165) is 5.56 Å². The van der Waals surface area contributed by atoms with Crippen LogP contribution in [0.1, 0.15) is 42.3 Å². The minimum absolute atomic E-state index is 0.142. The molecule has 0 aliphatic heterocycles. The Morgan fingerprint density at radius 1 is 0.957 bits per heavy atom. The number of aryl methyl sites for hydroxylation is 1. The highest BCUT2D eigenvalue weighted by atomic mass is 16.6. The second-order valence-corrected chi connectivity index (χ2v) is 6.37. The van der Waals surface area contributed by atoms with Gasteiger partial charge < -0.3 is 4.74 Å². The lowest BCUT2D eigenvalue weighted by Crippen LogP contribution is -2.27. The molecule has 0 unspecified atom stereocenters. The van der Waals surface area contributed by atoms with Crippen molar-refractivity contribution >= 4 is 17.6 Å². The second-order valence-electron chi connectivity index (χ2n) is 6.37. The number of amides is 1. The van der Waals surface area contributed by atoms with E-state index in [1.54, 1.807) is 57.2 Å². The minimum atomic E-state index is -0.597. The van der Waals surface area contributed by atoms with Crippen LogP contribution in [0.3, 0.4) is 0 Å². The second kappa shape index (κ2) is 6.65. The molecule has 4 heteroatoms. The highest BCUT2D eigenvalue weighted by Gasteiger charge is 2.19. The monoisotopic (exact) mass is 311 g/mol. The summed E-state index contributed by atoms with van der Waals surface area (Å²) in [7, 11) is 0. The predicted octanol–water partition coefficient (Wildman–Crippen LogP) is 4.57. The van der Waals surface area contributed by atoms with Crippen molar-refractivity contribution in [2.24, 2.45) is 0 Å². The molecule has 2 rings (SSSR count). The third-order valence-electron chi connectivity index (χ3n) is 3.12. The van der Waals surface area contributed by atoms with Crippen molar-refractivity contribution in [1.82, 2.24) is 0 Å². The van der Waals surface area contributed by atoms with Gasteiger partial charge in [0.15, 0.2) is 5.78 Å². The molecule has 0 bridgehead atoms. The van der Waals surface area contributed by atoms with Crippen molar-refractivity contribution in [1.29, 1.82) is 0 Å². The van der Waals surface area contributed by atoms with Gasteiger partial charge in [-0.25, -0.2) is 4.79 Å². The molecule has 0 heterocycles. The number of benzene rings is 2. The topological polar surface area (TPSA) is 55.4 Å². The van der Waals surface area contributed by atoms with Gasteiger partial charge in [-0.05, 0) is 39.8 Å². The lowest BCUT2D eigenvalue weighted by Gasteiger charge is -2.20. The molecule has 4 nitrogen and oxygen atoms in total. The lowest BCUT2D eigenvalue weighted by molar-refractivity contribution is 0.0636. The van der Waals surface area contributed by atoms with Gasteiger partial charge in [0.05, 0.1) is 5.69 Å². The van der Waals surface area contributed by atoms with Crippen LogP contribution in [0.2, 0.25) is 0 Å². The number of ketones is 1. The van der Waals surface area contributed by atoms with E-state index in [2.05, 4.69) is 5.32 Å². The van der Waals surface area contributed by atoms with Crippen LogP contribution in [0.5, 0.6) is 0 Å². The first-order chi connectivity index (χ1) is 10.8. The fraction of sp³-hybridized carbons (Fsp3) is 0.263. The first-order valence-corrected chi connectivity index (χ1v) is 7.47. The number of nitrogens with one attached hydrogen (secondary N) is 1. The molecule has 0 radical (unpaired) electrons. The van der Waals surface area contributed by atoms with Gasteiger partial charge in [-0.2, -0.15) is 0 Å². The van der Waals surface area contributed by atoms with Crippen molar-refractivity contribution in [2.75, 3.05) is 5.32 Å². The van der Waals surface area contributed by atoms with Crippen molar-refractivity contribution in [3.8, 4) is 0 Å². The normalized spacial score (nSPS) is 11.0. The summed E-state index contributed by atoms with van der Waals surface area (Å²) in [6.07, 6.45) is -0.582. The Bertz CT molecular complexity index is 712. The van der Waals surface area contributed by atoms with Crippen LogP contribution >= 0.6 is 0 Å². The average Bonchev–Trinajstić information content (AvgIpc) is 2.46. The Labute approximate surface area is 136 Å². The lowest BCUT2D eigenvalue weighted by atomic mass is 10.0. The molecule has 2 aromatic carbocycles. The highest BCUT2D eigenvalue weighted by molar-refractivity contribution is 6.13. The van der Waals surface area contributed by atoms with Crippen LogP contribution in [0.25, 0.3) is 0 Å². The molecule has 23 heavy (non-hydrogen) atoms. The van der Waals surface area contributed by atoms with Crippen molar-refractivity contribution in [2.45, 2.75) is 33.3 Å². The summed E-state index contributed by atoms with van der Waals surface area (Å²) in [4.78, 5) is 24.6. The van der Waals surface area contributed by atoms with Crippen molar-refractivity contribution < 1.29 is 14.3 Å². The van der Waals surface area contributed by atoms with Gasteiger partial charge in [0.25, 0.3) is 0 Å². The smallest absolute Gasteiger partial charge is 0.412 e. The van der Waals surface area contributed by atoms with E-state index in [-0.39, 0.29) is 5.78 Å². The summed E-state index contributed by atoms with van der Waals surface area (Å²) in [6, 6.07) is 14.2. The number of hydrogen-bond donors (Lipinski definition) is 1. The Morgan fingerprint density at radius 3 is 2.17 bits per heavy atom. The summed E-state index contributed by atoms with van der Waals surface area (Å²) in [5, 5.41) is 2.65. The molecule has 0 aliphatic carbocycles. The maximum atomic E-state index is 12.7. The fourth-order valence-corrected chi connectivity index (χ4v) is 2.06. The molecule has 1 N–H and O–H groups in total. The van der Waals surface area contributed by atoms with Crippen molar-refractivity contribution in [3.05, 3.63) is 65.2 Å². The third kappa shape index (κ3) is 4.68. The van der Waals surface area contributed by atoms with E-state index in [4.69, 9.17) is 4.74 Å². The number of carbonyl (C=O) groups excluding carboxylic acids is 2. The van der Waals surface area contributed by atoms with E-state index in [1.807, 2.05) is 19.1 Å². The zero-order valence-corrected chi connectivity index (χ0v) is 13.8. The van der Waals surface area contributed by atoms with E-state index in [1.165, 1.54) is 0 Å². The highest BCUT2D eigenvalue weighted by Crippen LogP contribution is 2.20. The number of anilines is 1. The quantitative estimate of drug-likeness (QED) is 0.845. The average molecular weight is 311 g/mol. The Kier molecular flexibility index (Phi) is 4.84. The molecule has 2 aromatic rings. The molecule has 0 atom stereocenters. The molecule has 0 spiro atoms. The zero-order chi connectivity index (χ0) is 17.0. The SMILES string of the molecule is Cc1ccc(C(=O)c2ccccc2NC(=O)OC(C)(C)C)cc1. The van der Waals surface area contributed by atoms with Crippen molar-refractivity contribution in [3.63, 3.8) is 0 Å². The Morgan fingerprint density at radius 2 is 1.57 bits per heavy atom. The van der Waals surface area contributed by atoms with Crippen LogP contribution in [-0.2, 0) is 4.74 Å². The van der Waals surface area contributed by atoms with E-state index in [0.29, 0.717) is 16.8 Å². The molecular weight excluding hydrogens is 290 g/mol. The van der Waals surface area contributed by atoms with Gasteiger partial charge in [-0.1, -0.05) is 42.0 Å². The van der Waals surface area contributed by atoms with Gasteiger partial charge >= 0.3 is 6.09 Å². The van der Waals surface area contributed by atoms with Crippen LogP contribution < -0.4 is 5.32 Å². The van der Waals surface area contributed by atoms with Gasteiger partial charge in [-0.15, -0.1) is 0 Å². The first-order valence-electron chi connectivity index (χ1n) is 7.47. The maximum absolute atomic E-state index is 12.7. The Balaban J connectivity index is 2.25. The zero-order valence-electron chi connectivity index (χ0n) is 13.8. The summed E-state index contributed by atoms with van der Waals surface area (Å²) < 4.78 is 5.24. The summed E-state index contributed by atoms with van der Waals surface area (Å²) in [5.41, 5.74) is 1.94. The van der Waals surface area contributed by atoms with Gasteiger partial charge in [0.1, 0.15) is 5.60 Å².